The van der Waals surface area contributed by atoms with E-state index in [-0.39, 0.29) is 33.2 Å². The highest BCUT2D eigenvalue weighted by Gasteiger charge is 2.21. The van der Waals surface area contributed by atoms with Crippen molar-refractivity contribution in [3.8, 4) is 28.2 Å². The molecule has 2 aromatic carbocycles. The van der Waals surface area contributed by atoms with Crippen molar-refractivity contribution in [3.63, 3.8) is 0 Å². The molecule has 3 aliphatic rings. The zero-order valence-corrected chi connectivity index (χ0v) is 20.6. The minimum absolute atomic E-state index is 0.0769. The van der Waals surface area contributed by atoms with Crippen molar-refractivity contribution in [2.24, 2.45) is 0 Å². The summed E-state index contributed by atoms with van der Waals surface area (Å²) < 4.78 is 5.90. The Morgan fingerprint density at radius 1 is 0.914 bits per heavy atom. The maximum absolute atomic E-state index is 12.9. The van der Waals surface area contributed by atoms with Gasteiger partial charge in [-0.15, -0.1) is 0 Å². The molecule has 0 bridgehead atoms. The van der Waals surface area contributed by atoms with E-state index < -0.39 is 0 Å². The monoisotopic (exact) mass is 509 g/mol. The molecule has 0 unspecified atom stereocenters. The Balaban J connectivity index is 1.54. The van der Waals surface area contributed by atoms with E-state index >= 15 is 0 Å². The smallest absolute Gasteiger partial charge is 0.251 e. The maximum atomic E-state index is 12.9. The van der Waals surface area contributed by atoms with Crippen LogP contribution in [0.3, 0.4) is 0 Å². The summed E-state index contributed by atoms with van der Waals surface area (Å²) in [6, 6.07) is 13.5. The number of nitrogens with one attached hydrogen (secondary N) is 1. The predicted molar refractivity (Wildman–Crippen MR) is 140 cm³/mol. The van der Waals surface area contributed by atoms with E-state index in [0.717, 1.165) is 36.8 Å². The Morgan fingerprint density at radius 3 is 2.31 bits per heavy atom. The molecular formula is C28H25Cl2NO4. The molecular weight excluding hydrogens is 485 g/mol. The van der Waals surface area contributed by atoms with Crippen LogP contribution >= 0.6 is 23.2 Å². The topological polar surface area (TPSA) is 79.5 Å². The summed E-state index contributed by atoms with van der Waals surface area (Å²) in [6.45, 7) is 0. The van der Waals surface area contributed by atoms with Crippen LogP contribution in [0.4, 0.5) is 0 Å². The molecule has 0 spiro atoms. The number of phenols is 1. The number of amides is 1. The van der Waals surface area contributed by atoms with Crippen LogP contribution in [-0.4, -0.2) is 17.1 Å². The number of halogens is 2. The molecule has 1 saturated carbocycles. The Labute approximate surface area is 213 Å². The summed E-state index contributed by atoms with van der Waals surface area (Å²) in [6.07, 6.45) is 8.07. The molecule has 1 amide bonds. The second kappa shape index (κ2) is 9.92. The molecule has 2 aliphatic carbocycles. The maximum Gasteiger partial charge on any atom is 0.251 e. The van der Waals surface area contributed by atoms with Gasteiger partial charge in [0.05, 0.1) is 10.0 Å². The summed E-state index contributed by atoms with van der Waals surface area (Å²) in [5, 5.41) is 14.2. The van der Waals surface area contributed by atoms with Crippen LogP contribution in [0.25, 0.3) is 33.4 Å². The number of carbonyl (C=O) groups is 1. The van der Waals surface area contributed by atoms with E-state index in [4.69, 9.17) is 27.6 Å². The van der Waals surface area contributed by atoms with Crippen LogP contribution in [0.1, 0.15) is 55.3 Å². The predicted octanol–water partition coefficient (Wildman–Crippen LogP) is 7.42. The molecule has 7 heteroatoms. The molecule has 5 nitrogen and oxygen atoms in total. The lowest BCUT2D eigenvalue weighted by Crippen LogP contribution is -2.35. The van der Waals surface area contributed by atoms with Gasteiger partial charge in [-0.3, -0.25) is 9.59 Å². The molecule has 0 radical (unpaired) electrons. The van der Waals surface area contributed by atoms with Crippen LogP contribution in [-0.2, 0) is 0 Å². The minimum Gasteiger partial charge on any atom is -0.506 e. The quantitative estimate of drug-likeness (QED) is 0.281. The van der Waals surface area contributed by atoms with Gasteiger partial charge < -0.3 is 14.8 Å². The summed E-state index contributed by atoms with van der Waals surface area (Å²) in [4.78, 5) is 25.1. The van der Waals surface area contributed by atoms with Gasteiger partial charge in [0.25, 0.3) is 5.91 Å². The van der Waals surface area contributed by atoms with Gasteiger partial charge in [-0.2, -0.15) is 0 Å². The van der Waals surface area contributed by atoms with E-state index in [1.165, 1.54) is 31.4 Å². The highest BCUT2D eigenvalue weighted by molar-refractivity contribution is 6.33. The highest BCUT2D eigenvalue weighted by atomic mass is 35.5. The average Bonchev–Trinajstić information content (AvgIpc) is 2.81. The third-order valence-corrected chi connectivity index (χ3v) is 7.32. The van der Waals surface area contributed by atoms with Gasteiger partial charge in [0.15, 0.2) is 0 Å². The SMILES string of the molecule is O=C(NC1CCCCCCC1)c1ccc(-c2c3cc(Cl)c(=O)cc-3oc3cc(O)c(Cl)cc23)cc1. The van der Waals surface area contributed by atoms with Gasteiger partial charge in [0, 0.05) is 40.3 Å². The molecule has 1 aliphatic heterocycles. The average molecular weight is 510 g/mol. The fraction of sp³-hybridized carbons (Fsp3) is 0.286. The summed E-state index contributed by atoms with van der Waals surface area (Å²) >= 11 is 12.4. The second-order valence-electron chi connectivity index (χ2n) is 9.15. The van der Waals surface area contributed by atoms with Crippen LogP contribution in [0, 0.1) is 0 Å². The molecule has 1 heterocycles. The first kappa shape index (κ1) is 23.7. The van der Waals surface area contributed by atoms with Crippen molar-refractivity contribution in [3.05, 3.63) is 74.4 Å². The first-order valence-corrected chi connectivity index (χ1v) is 12.7. The number of fused-ring (bicyclic) bond motifs is 2. The molecule has 0 atom stereocenters. The second-order valence-corrected chi connectivity index (χ2v) is 9.96. The van der Waals surface area contributed by atoms with E-state index in [0.29, 0.717) is 27.9 Å². The number of rotatable bonds is 3. The van der Waals surface area contributed by atoms with Crippen molar-refractivity contribution in [1.29, 1.82) is 0 Å². The van der Waals surface area contributed by atoms with E-state index in [1.54, 1.807) is 24.3 Å². The molecule has 5 rings (SSSR count). The number of benzene rings is 3. The number of hydrogen-bond acceptors (Lipinski definition) is 4. The lowest BCUT2D eigenvalue weighted by Gasteiger charge is -2.21. The molecule has 180 valence electrons. The normalized spacial score (nSPS) is 15.1. The Kier molecular flexibility index (Phi) is 6.72. The minimum atomic E-state index is -0.354. The Hall–Kier alpha value is -3.02. The molecule has 0 aromatic heterocycles. The van der Waals surface area contributed by atoms with Gasteiger partial charge in [-0.25, -0.2) is 0 Å². The Morgan fingerprint density at radius 2 is 1.60 bits per heavy atom. The number of aromatic hydroxyl groups is 1. The lowest BCUT2D eigenvalue weighted by molar-refractivity contribution is 0.0930. The summed E-state index contributed by atoms with van der Waals surface area (Å²) in [5.41, 5.74) is 2.79. The third-order valence-electron chi connectivity index (χ3n) is 6.72. The van der Waals surface area contributed by atoms with Gasteiger partial charge in [0.2, 0.25) is 5.43 Å². The van der Waals surface area contributed by atoms with Crippen molar-refractivity contribution >= 4 is 40.1 Å². The fourth-order valence-electron chi connectivity index (χ4n) is 4.87. The van der Waals surface area contributed by atoms with Crippen molar-refractivity contribution in [2.75, 3.05) is 0 Å². The molecule has 2 aromatic rings. The number of hydrogen-bond donors (Lipinski definition) is 2. The summed E-state index contributed by atoms with van der Waals surface area (Å²) in [5.74, 6) is 0.146. The molecule has 1 fully saturated rings. The zero-order valence-electron chi connectivity index (χ0n) is 19.1. The van der Waals surface area contributed by atoms with Gasteiger partial charge >= 0.3 is 0 Å². The van der Waals surface area contributed by atoms with Crippen molar-refractivity contribution in [2.45, 2.75) is 51.0 Å². The molecule has 35 heavy (non-hydrogen) atoms. The third kappa shape index (κ3) is 4.89. The van der Waals surface area contributed by atoms with Crippen molar-refractivity contribution in [1.82, 2.24) is 5.32 Å². The van der Waals surface area contributed by atoms with Crippen molar-refractivity contribution < 1.29 is 14.3 Å². The Bertz CT molecular complexity index is 1420. The zero-order chi connectivity index (χ0) is 24.5. The number of carbonyl (C=O) groups excluding carboxylic acids is 1. The van der Waals surface area contributed by atoms with Crippen LogP contribution < -0.4 is 10.7 Å². The highest BCUT2D eigenvalue weighted by Crippen LogP contribution is 2.43. The lowest BCUT2D eigenvalue weighted by atomic mass is 9.93. The molecule has 2 N–H and O–H groups in total. The summed E-state index contributed by atoms with van der Waals surface area (Å²) in [7, 11) is 0. The first-order valence-electron chi connectivity index (χ1n) is 11.9. The van der Waals surface area contributed by atoms with Gasteiger partial charge in [0.1, 0.15) is 17.1 Å². The largest absolute Gasteiger partial charge is 0.506 e. The van der Waals surface area contributed by atoms with E-state index in [9.17, 15) is 14.7 Å². The van der Waals surface area contributed by atoms with Crippen LogP contribution in [0.5, 0.6) is 5.75 Å². The van der Waals surface area contributed by atoms with Crippen LogP contribution in [0.15, 0.2) is 57.7 Å². The van der Waals surface area contributed by atoms with Gasteiger partial charge in [-0.05, 0) is 42.7 Å². The van der Waals surface area contributed by atoms with E-state index in [1.807, 2.05) is 12.1 Å². The standard InChI is InChI=1S/C28H25Cl2NO4/c29-21-12-19-25(14-23(21)32)35-26-15-24(33)22(30)13-20(26)27(19)16-8-10-17(11-9-16)28(34)31-18-6-4-2-1-3-5-7-18/h8-15,18,32H,1-7H2,(H,31,34). The van der Waals surface area contributed by atoms with Gasteiger partial charge in [-0.1, -0.05) is 67.4 Å². The fourth-order valence-corrected chi connectivity index (χ4v) is 5.20. The number of phenolic OH excluding ortho intramolecular Hbond substituents is 1. The van der Waals surface area contributed by atoms with E-state index in [2.05, 4.69) is 5.32 Å². The molecule has 0 saturated heterocycles. The van der Waals surface area contributed by atoms with Crippen LogP contribution in [0.2, 0.25) is 10.0 Å². The first-order chi connectivity index (χ1) is 16.9.